The molecule has 1 aromatic carbocycles. The molecule has 1 N–H and O–H groups in total. The fraction of sp³-hybridized carbons (Fsp3) is 0.467. The lowest BCUT2D eigenvalue weighted by Gasteiger charge is -2.27. The molecule has 0 radical (unpaired) electrons. The Morgan fingerprint density at radius 3 is 2.29 bits per heavy atom. The van der Waals surface area contributed by atoms with Crippen molar-refractivity contribution in [2.45, 2.75) is 20.4 Å². The minimum absolute atomic E-state index is 0.318. The van der Waals surface area contributed by atoms with Gasteiger partial charge >= 0.3 is 0 Å². The summed E-state index contributed by atoms with van der Waals surface area (Å²) in [4.78, 5) is 0. The molecular weight excluding hydrogens is 210 g/mol. The second-order valence-corrected chi connectivity index (χ2v) is 5.39. The quantitative estimate of drug-likeness (QED) is 0.627. The van der Waals surface area contributed by atoms with Crippen molar-refractivity contribution in [1.29, 1.82) is 0 Å². The van der Waals surface area contributed by atoms with Crippen LogP contribution in [0, 0.1) is 17.8 Å². The zero-order valence-electron chi connectivity index (χ0n) is 11.2. The van der Waals surface area contributed by atoms with Crippen molar-refractivity contribution in [1.82, 2.24) is 0 Å². The van der Waals surface area contributed by atoms with Crippen molar-refractivity contribution < 1.29 is 9.59 Å². The van der Waals surface area contributed by atoms with Gasteiger partial charge in [0.1, 0.15) is 18.8 Å². The largest absolute Gasteiger partial charge is 0.508 e. The molecule has 0 aliphatic rings. The van der Waals surface area contributed by atoms with Crippen LogP contribution in [-0.2, 0) is 6.54 Å². The van der Waals surface area contributed by atoms with Crippen LogP contribution in [-0.4, -0.2) is 30.2 Å². The zero-order valence-corrected chi connectivity index (χ0v) is 11.2. The summed E-state index contributed by atoms with van der Waals surface area (Å²) in [7, 11) is 4.34. The third kappa shape index (κ3) is 5.42. The van der Waals surface area contributed by atoms with Crippen molar-refractivity contribution in [3.63, 3.8) is 0 Å². The highest BCUT2D eigenvalue weighted by atomic mass is 16.3. The van der Waals surface area contributed by atoms with Gasteiger partial charge in [-0.2, -0.15) is 0 Å². The minimum Gasteiger partial charge on any atom is -0.508 e. The molecule has 0 aromatic heterocycles. The Balaban J connectivity index is 2.60. The lowest BCUT2D eigenvalue weighted by molar-refractivity contribution is -0.896. The number of benzene rings is 1. The zero-order chi connectivity index (χ0) is 12.9. The number of hydrogen-bond acceptors (Lipinski definition) is 1. The fourth-order valence-corrected chi connectivity index (χ4v) is 1.62. The standard InChI is InChI=1S/C15H21NO/c1-13(2)6-5-11-16(3,4)12-14-7-9-15(17)10-8-14/h7-10,13H,11-12H2,1-4H3/p+1. The van der Waals surface area contributed by atoms with Gasteiger partial charge in [0, 0.05) is 11.5 Å². The van der Waals surface area contributed by atoms with Gasteiger partial charge in [-0.25, -0.2) is 0 Å². The molecule has 0 amide bonds. The summed E-state index contributed by atoms with van der Waals surface area (Å²) in [6.45, 7) is 5.98. The predicted molar refractivity (Wildman–Crippen MR) is 71.4 cm³/mol. The number of phenols is 1. The van der Waals surface area contributed by atoms with Crippen LogP contribution in [0.3, 0.4) is 0 Å². The third-order valence-electron chi connectivity index (χ3n) is 2.44. The summed E-state index contributed by atoms with van der Waals surface area (Å²) in [6, 6.07) is 7.39. The highest BCUT2D eigenvalue weighted by Crippen LogP contribution is 2.13. The van der Waals surface area contributed by atoms with Crippen LogP contribution in [0.1, 0.15) is 19.4 Å². The maximum atomic E-state index is 9.23. The first-order valence-corrected chi connectivity index (χ1v) is 5.97. The van der Waals surface area contributed by atoms with Crippen LogP contribution < -0.4 is 0 Å². The van der Waals surface area contributed by atoms with E-state index < -0.39 is 0 Å². The van der Waals surface area contributed by atoms with E-state index in [1.165, 1.54) is 5.56 Å². The highest BCUT2D eigenvalue weighted by molar-refractivity contribution is 5.25. The van der Waals surface area contributed by atoms with Gasteiger partial charge in [-0.15, -0.1) is 0 Å². The predicted octanol–water partition coefficient (Wildman–Crippen LogP) is 2.63. The molecule has 0 spiro atoms. The van der Waals surface area contributed by atoms with Gasteiger partial charge in [0.2, 0.25) is 0 Å². The van der Waals surface area contributed by atoms with Gasteiger partial charge in [0.05, 0.1) is 14.1 Å². The SMILES string of the molecule is CC(C)C#CC[N+](C)(C)Cc1ccc(O)cc1. The number of aromatic hydroxyl groups is 1. The molecule has 0 bridgehead atoms. The molecule has 0 heterocycles. The van der Waals surface area contributed by atoms with Gasteiger partial charge < -0.3 is 9.59 Å². The van der Waals surface area contributed by atoms with Gasteiger partial charge in [0.15, 0.2) is 0 Å². The first-order valence-electron chi connectivity index (χ1n) is 5.97. The normalized spacial score (nSPS) is 11.1. The molecule has 2 nitrogen and oxygen atoms in total. The molecule has 92 valence electrons. The van der Waals surface area contributed by atoms with Crippen LogP contribution in [0.15, 0.2) is 24.3 Å². The topological polar surface area (TPSA) is 20.2 Å². The molecule has 1 rings (SSSR count). The van der Waals surface area contributed by atoms with E-state index >= 15 is 0 Å². The number of nitrogens with zero attached hydrogens (tertiary/aromatic N) is 1. The number of rotatable bonds is 3. The maximum absolute atomic E-state index is 9.23. The average Bonchev–Trinajstić information content (AvgIpc) is 2.20. The minimum atomic E-state index is 0.318. The van der Waals surface area contributed by atoms with Crippen molar-refractivity contribution in [3.05, 3.63) is 29.8 Å². The van der Waals surface area contributed by atoms with E-state index in [1.54, 1.807) is 12.1 Å². The first kappa shape index (κ1) is 13.6. The van der Waals surface area contributed by atoms with Crippen molar-refractivity contribution in [3.8, 4) is 17.6 Å². The van der Waals surface area contributed by atoms with Gasteiger partial charge in [-0.1, -0.05) is 19.8 Å². The van der Waals surface area contributed by atoms with E-state index in [1.807, 2.05) is 12.1 Å². The number of hydrogen-bond donors (Lipinski definition) is 1. The van der Waals surface area contributed by atoms with Gasteiger partial charge in [0.25, 0.3) is 0 Å². The van der Waals surface area contributed by atoms with E-state index in [4.69, 9.17) is 0 Å². The van der Waals surface area contributed by atoms with Crippen LogP contribution in [0.25, 0.3) is 0 Å². The summed E-state index contributed by atoms with van der Waals surface area (Å²) in [5.74, 6) is 7.17. The van der Waals surface area contributed by atoms with E-state index in [2.05, 4.69) is 39.8 Å². The molecular formula is C15H22NO+. The van der Waals surface area contributed by atoms with Crippen LogP contribution in [0.2, 0.25) is 0 Å². The molecule has 0 unspecified atom stereocenters. The molecule has 0 atom stereocenters. The number of quaternary nitrogens is 1. The van der Waals surface area contributed by atoms with E-state index in [0.717, 1.165) is 17.6 Å². The van der Waals surface area contributed by atoms with Crippen molar-refractivity contribution >= 4 is 0 Å². The lowest BCUT2D eigenvalue weighted by Crippen LogP contribution is -2.38. The molecule has 0 saturated carbocycles. The molecule has 0 fully saturated rings. The van der Waals surface area contributed by atoms with Crippen LogP contribution >= 0.6 is 0 Å². The van der Waals surface area contributed by atoms with Gasteiger partial charge in [-0.3, -0.25) is 0 Å². The molecule has 0 saturated heterocycles. The van der Waals surface area contributed by atoms with Gasteiger partial charge in [-0.05, 0) is 30.2 Å². The summed E-state index contributed by atoms with van der Waals surface area (Å²) >= 11 is 0. The van der Waals surface area contributed by atoms with Crippen molar-refractivity contribution in [2.24, 2.45) is 5.92 Å². The molecule has 1 aromatic rings. The monoisotopic (exact) mass is 232 g/mol. The molecule has 0 aliphatic heterocycles. The Morgan fingerprint density at radius 2 is 1.76 bits per heavy atom. The lowest BCUT2D eigenvalue weighted by atomic mass is 10.2. The van der Waals surface area contributed by atoms with Crippen LogP contribution in [0.5, 0.6) is 5.75 Å². The second kappa shape index (κ2) is 5.75. The van der Waals surface area contributed by atoms with Crippen molar-refractivity contribution in [2.75, 3.05) is 20.6 Å². The Kier molecular flexibility index (Phi) is 4.60. The molecule has 2 heteroatoms. The Labute approximate surface area is 104 Å². The Bertz CT molecular complexity index is 407. The van der Waals surface area contributed by atoms with E-state index in [0.29, 0.717) is 11.7 Å². The second-order valence-electron chi connectivity index (χ2n) is 5.39. The summed E-state index contributed by atoms with van der Waals surface area (Å²) in [5.41, 5.74) is 1.22. The average molecular weight is 232 g/mol. The summed E-state index contributed by atoms with van der Waals surface area (Å²) in [6.07, 6.45) is 0. The van der Waals surface area contributed by atoms with Crippen LogP contribution in [0.4, 0.5) is 0 Å². The first-order chi connectivity index (χ1) is 7.89. The molecule has 17 heavy (non-hydrogen) atoms. The Hall–Kier alpha value is -1.46. The summed E-state index contributed by atoms with van der Waals surface area (Å²) < 4.78 is 0.838. The molecule has 0 aliphatic carbocycles. The smallest absolute Gasteiger partial charge is 0.140 e. The maximum Gasteiger partial charge on any atom is 0.140 e. The Morgan fingerprint density at radius 1 is 1.18 bits per heavy atom. The highest BCUT2D eigenvalue weighted by Gasteiger charge is 2.13. The third-order valence-corrected chi connectivity index (χ3v) is 2.44. The van der Waals surface area contributed by atoms with E-state index in [9.17, 15) is 5.11 Å². The fourth-order valence-electron chi connectivity index (χ4n) is 1.62. The van der Waals surface area contributed by atoms with E-state index in [-0.39, 0.29) is 0 Å². The number of phenolic OH excluding ortho intramolecular Hbond substituents is 1. The summed E-state index contributed by atoms with van der Waals surface area (Å²) in [5, 5.41) is 9.23.